The van der Waals surface area contributed by atoms with Gasteiger partial charge in [-0.3, -0.25) is 9.69 Å². The minimum Gasteiger partial charge on any atom is -0.373 e. The Morgan fingerprint density at radius 1 is 1.06 bits per heavy atom. The number of rotatable bonds is 7. The summed E-state index contributed by atoms with van der Waals surface area (Å²) in [4.78, 5) is 23.3. The molecule has 0 aromatic heterocycles. The van der Waals surface area contributed by atoms with Gasteiger partial charge in [0.25, 0.3) is 0 Å². The van der Waals surface area contributed by atoms with Crippen molar-refractivity contribution in [1.29, 1.82) is 0 Å². The molecular formula is C26H36IN5O2. The second kappa shape index (κ2) is 13.1. The molecule has 8 heteroatoms. The maximum Gasteiger partial charge on any atom is 0.243 e. The molecule has 0 aliphatic carbocycles. The molecule has 2 fully saturated rings. The van der Waals surface area contributed by atoms with E-state index in [1.807, 2.05) is 6.07 Å². The zero-order chi connectivity index (χ0) is 23.0. The minimum absolute atomic E-state index is 0. The Bertz CT molecular complexity index is 925. The van der Waals surface area contributed by atoms with Crippen LogP contribution >= 0.6 is 24.0 Å². The number of amides is 1. The normalized spacial score (nSPS) is 20.4. The number of nitrogens with zero attached hydrogens (tertiary/aromatic N) is 4. The van der Waals surface area contributed by atoms with E-state index < -0.39 is 0 Å². The van der Waals surface area contributed by atoms with Gasteiger partial charge in [0, 0.05) is 46.8 Å². The van der Waals surface area contributed by atoms with Crippen LogP contribution in [0.15, 0.2) is 65.7 Å². The zero-order valence-electron chi connectivity index (χ0n) is 20.1. The van der Waals surface area contributed by atoms with Crippen molar-refractivity contribution in [2.24, 2.45) is 4.99 Å². The highest BCUT2D eigenvalue weighted by Gasteiger charge is 2.41. The van der Waals surface area contributed by atoms with Crippen LogP contribution in [0, 0.1) is 0 Å². The first-order valence-corrected chi connectivity index (χ1v) is 11.8. The number of benzene rings is 2. The first kappa shape index (κ1) is 26.4. The van der Waals surface area contributed by atoms with Gasteiger partial charge in [-0.05, 0) is 17.5 Å². The molecule has 2 aromatic carbocycles. The van der Waals surface area contributed by atoms with Gasteiger partial charge in [0.15, 0.2) is 5.96 Å². The lowest BCUT2D eigenvalue weighted by Crippen LogP contribution is -2.50. The van der Waals surface area contributed by atoms with E-state index in [-0.39, 0.29) is 42.5 Å². The monoisotopic (exact) mass is 577 g/mol. The third kappa shape index (κ3) is 7.16. The van der Waals surface area contributed by atoms with E-state index in [2.05, 4.69) is 69.7 Å². The smallest absolute Gasteiger partial charge is 0.243 e. The fourth-order valence-electron chi connectivity index (χ4n) is 4.46. The molecule has 2 aromatic rings. The van der Waals surface area contributed by atoms with E-state index in [1.165, 1.54) is 11.1 Å². The molecule has 2 aliphatic rings. The average molecular weight is 578 g/mol. The molecule has 34 heavy (non-hydrogen) atoms. The Balaban J connectivity index is 0.00000324. The number of ether oxygens (including phenoxy) is 1. The topological polar surface area (TPSA) is 60.4 Å². The fourth-order valence-corrected chi connectivity index (χ4v) is 4.46. The lowest BCUT2D eigenvalue weighted by Gasteiger charge is -2.36. The lowest BCUT2D eigenvalue weighted by atomic mass is 10.1. The van der Waals surface area contributed by atoms with E-state index >= 15 is 0 Å². The van der Waals surface area contributed by atoms with Gasteiger partial charge >= 0.3 is 0 Å². The number of hydrogen-bond donors (Lipinski definition) is 1. The van der Waals surface area contributed by atoms with Gasteiger partial charge in [0.2, 0.25) is 5.91 Å². The van der Waals surface area contributed by atoms with Crippen LogP contribution in [0.2, 0.25) is 0 Å². The number of fused-ring (bicyclic) bond motifs is 1. The quantitative estimate of drug-likeness (QED) is 0.312. The molecule has 0 saturated carbocycles. The number of carbonyl (C=O) groups excluding carboxylic acids is 1. The standard InChI is InChI=1S/C26H35N5O2.HI/c1-29(2)25(32)17-28-26(27-14-13-21-9-5-3-6-10-21)31-19-23-24(20-31)33-16-15-30(23)18-22-11-7-4-8-12-22;/h3-12,23-24H,13-20H2,1-2H3,(H,27,28);1H. The maximum atomic E-state index is 12.2. The third-order valence-corrected chi connectivity index (χ3v) is 6.35. The summed E-state index contributed by atoms with van der Waals surface area (Å²) in [5, 5.41) is 3.51. The summed E-state index contributed by atoms with van der Waals surface area (Å²) in [5.41, 5.74) is 2.60. The van der Waals surface area contributed by atoms with E-state index in [4.69, 9.17) is 9.73 Å². The lowest BCUT2D eigenvalue weighted by molar-refractivity contribution is -0.127. The molecule has 184 valence electrons. The second-order valence-corrected chi connectivity index (χ2v) is 8.93. The molecule has 2 aliphatic heterocycles. The van der Waals surface area contributed by atoms with Crippen molar-refractivity contribution >= 4 is 35.8 Å². The highest BCUT2D eigenvalue weighted by molar-refractivity contribution is 14.0. The number of carbonyl (C=O) groups is 1. The summed E-state index contributed by atoms with van der Waals surface area (Å²) in [5.74, 6) is 0.787. The maximum absolute atomic E-state index is 12.2. The van der Waals surface area contributed by atoms with Crippen molar-refractivity contribution in [2.75, 3.05) is 53.4 Å². The van der Waals surface area contributed by atoms with Crippen LogP contribution in [-0.4, -0.2) is 92.1 Å². The predicted molar refractivity (Wildman–Crippen MR) is 147 cm³/mol. The minimum atomic E-state index is -0.00377. The first-order chi connectivity index (χ1) is 16.1. The van der Waals surface area contributed by atoms with Gasteiger partial charge in [0.05, 0.1) is 18.8 Å². The molecule has 0 spiro atoms. The molecular weight excluding hydrogens is 541 g/mol. The molecule has 0 radical (unpaired) electrons. The van der Waals surface area contributed by atoms with Gasteiger partial charge in [-0.15, -0.1) is 24.0 Å². The molecule has 2 heterocycles. The van der Waals surface area contributed by atoms with Crippen LogP contribution in [-0.2, 0) is 22.5 Å². The average Bonchev–Trinajstić information content (AvgIpc) is 3.27. The summed E-state index contributed by atoms with van der Waals surface area (Å²) in [7, 11) is 3.53. The summed E-state index contributed by atoms with van der Waals surface area (Å²) >= 11 is 0. The van der Waals surface area contributed by atoms with Crippen LogP contribution in [0.25, 0.3) is 0 Å². The van der Waals surface area contributed by atoms with Crippen molar-refractivity contribution in [2.45, 2.75) is 25.1 Å². The Kier molecular flexibility index (Phi) is 10.2. The van der Waals surface area contributed by atoms with Gasteiger partial charge in [-0.1, -0.05) is 60.7 Å². The molecule has 7 nitrogen and oxygen atoms in total. The second-order valence-electron chi connectivity index (χ2n) is 8.93. The van der Waals surface area contributed by atoms with E-state index in [0.29, 0.717) is 6.04 Å². The van der Waals surface area contributed by atoms with Gasteiger partial charge in [-0.25, -0.2) is 4.99 Å². The summed E-state index contributed by atoms with van der Waals surface area (Å²) < 4.78 is 6.15. The molecule has 1 amide bonds. The van der Waals surface area contributed by atoms with Gasteiger partial charge < -0.3 is 19.9 Å². The molecule has 0 bridgehead atoms. The van der Waals surface area contributed by atoms with E-state index in [1.54, 1.807) is 19.0 Å². The van der Waals surface area contributed by atoms with Gasteiger partial charge in [-0.2, -0.15) is 0 Å². The van der Waals surface area contributed by atoms with Crippen molar-refractivity contribution in [3.8, 4) is 0 Å². The van der Waals surface area contributed by atoms with Crippen LogP contribution in [0.4, 0.5) is 0 Å². The van der Waals surface area contributed by atoms with Crippen molar-refractivity contribution in [3.05, 3.63) is 71.8 Å². The number of guanidine groups is 1. The summed E-state index contributed by atoms with van der Waals surface area (Å²) in [6.45, 7) is 5.12. The van der Waals surface area contributed by atoms with Gasteiger partial charge in [0.1, 0.15) is 6.54 Å². The van der Waals surface area contributed by atoms with Crippen LogP contribution in [0.3, 0.4) is 0 Å². The van der Waals surface area contributed by atoms with Crippen molar-refractivity contribution in [3.63, 3.8) is 0 Å². The number of halogens is 1. The fraction of sp³-hybridized carbons (Fsp3) is 0.462. The van der Waals surface area contributed by atoms with Crippen molar-refractivity contribution < 1.29 is 9.53 Å². The summed E-state index contributed by atoms with van der Waals surface area (Å²) in [6, 6.07) is 21.3. The SMILES string of the molecule is CN(C)C(=O)CN=C(NCCc1ccccc1)N1CC2OCCN(Cc3ccccc3)C2C1.I. The highest BCUT2D eigenvalue weighted by Crippen LogP contribution is 2.24. The third-order valence-electron chi connectivity index (χ3n) is 6.35. The molecule has 2 atom stereocenters. The van der Waals surface area contributed by atoms with Crippen LogP contribution in [0.1, 0.15) is 11.1 Å². The largest absolute Gasteiger partial charge is 0.373 e. The highest BCUT2D eigenvalue weighted by atomic mass is 127. The Morgan fingerprint density at radius 3 is 2.41 bits per heavy atom. The number of aliphatic imine (C=N–C) groups is 1. The first-order valence-electron chi connectivity index (χ1n) is 11.8. The molecule has 2 unspecified atom stereocenters. The molecule has 1 N–H and O–H groups in total. The number of morpholine rings is 1. The van der Waals surface area contributed by atoms with Crippen LogP contribution in [0.5, 0.6) is 0 Å². The van der Waals surface area contributed by atoms with Crippen molar-refractivity contribution in [1.82, 2.24) is 20.0 Å². The Morgan fingerprint density at radius 2 is 1.74 bits per heavy atom. The number of likely N-dealkylation sites (N-methyl/N-ethyl adjacent to an activating group) is 1. The Labute approximate surface area is 220 Å². The number of hydrogen-bond acceptors (Lipinski definition) is 4. The molecule has 4 rings (SSSR count). The summed E-state index contributed by atoms with van der Waals surface area (Å²) in [6.07, 6.45) is 1.05. The molecule has 2 saturated heterocycles. The van der Waals surface area contributed by atoms with Crippen LogP contribution < -0.4 is 5.32 Å². The Hall–Kier alpha value is -2.17. The number of likely N-dealkylation sites (tertiary alicyclic amines) is 1. The number of nitrogens with one attached hydrogen (secondary N) is 1. The predicted octanol–water partition coefficient (Wildman–Crippen LogP) is 2.47. The zero-order valence-corrected chi connectivity index (χ0v) is 22.4. The van der Waals surface area contributed by atoms with E-state index in [0.717, 1.165) is 51.7 Å². The van der Waals surface area contributed by atoms with E-state index in [9.17, 15) is 4.79 Å².